The summed E-state index contributed by atoms with van der Waals surface area (Å²) in [6, 6.07) is 9.04. The zero-order valence-corrected chi connectivity index (χ0v) is 26.0. The SMILES string of the molecule is C/C=C/[C@@H]1O[C@H]([C@@H](/C=C/C=C(\C)C[C@@H](C)/C=C(C)\C=C\[C@H]2CC=CC(=O)O2)NC(=O)OCc2ccccc2)C[C@@H](O)[C@@H]1C. The summed E-state index contributed by atoms with van der Waals surface area (Å²) >= 11 is 0. The second kappa shape index (κ2) is 17.4. The fraction of sp³-hybridized carbons (Fsp3) is 0.444. The van der Waals surface area contributed by atoms with Crippen LogP contribution in [0, 0.1) is 11.8 Å². The van der Waals surface area contributed by atoms with Gasteiger partial charge < -0.3 is 24.6 Å². The number of carbonyl (C=O) groups is 2. The second-order valence-corrected chi connectivity index (χ2v) is 11.5. The van der Waals surface area contributed by atoms with Crippen LogP contribution in [0.5, 0.6) is 0 Å². The number of carbonyl (C=O) groups excluding carboxylic acids is 2. The standard InChI is InChI=1S/C36H47NO6/c1-6-12-33-28(5)32(38)23-34(43-33)31(37-36(40)41-24-29-14-8-7-9-15-29)17-10-13-25(2)21-27(4)22-26(3)19-20-30-16-11-18-35(39)42-30/h6-15,17-20,22,27-28,30-34,38H,16,21,23-24H2,1-5H3,(H,37,40)/b12-6+,17-10+,20-19+,25-13+,26-22-/t27-,28+,30-,31-,32-,33+,34+/m1/s1. The number of esters is 1. The molecule has 0 radical (unpaired) electrons. The van der Waals surface area contributed by atoms with E-state index in [1.54, 1.807) is 0 Å². The summed E-state index contributed by atoms with van der Waals surface area (Å²) in [5.74, 6) is -0.0545. The number of ether oxygens (including phenoxy) is 3. The Labute approximate surface area is 256 Å². The summed E-state index contributed by atoms with van der Waals surface area (Å²) in [6.45, 7) is 10.3. The van der Waals surface area contributed by atoms with Gasteiger partial charge >= 0.3 is 12.1 Å². The first-order valence-corrected chi connectivity index (χ1v) is 15.2. The first-order valence-electron chi connectivity index (χ1n) is 15.2. The topological polar surface area (TPSA) is 94.1 Å². The molecule has 43 heavy (non-hydrogen) atoms. The van der Waals surface area contributed by atoms with Gasteiger partial charge in [-0.1, -0.05) is 104 Å². The molecule has 0 saturated carbocycles. The van der Waals surface area contributed by atoms with Crippen molar-refractivity contribution in [3.05, 3.63) is 108 Å². The van der Waals surface area contributed by atoms with Crippen molar-refractivity contribution >= 4 is 12.1 Å². The molecule has 232 valence electrons. The predicted octanol–water partition coefficient (Wildman–Crippen LogP) is 6.91. The van der Waals surface area contributed by atoms with Crippen LogP contribution in [0.2, 0.25) is 0 Å². The molecule has 1 aromatic carbocycles. The highest BCUT2D eigenvalue weighted by Crippen LogP contribution is 2.28. The number of benzene rings is 1. The second-order valence-electron chi connectivity index (χ2n) is 11.5. The summed E-state index contributed by atoms with van der Waals surface area (Å²) < 4.78 is 17.1. The molecule has 1 saturated heterocycles. The van der Waals surface area contributed by atoms with Crippen LogP contribution in [-0.4, -0.2) is 47.6 Å². The molecule has 2 N–H and O–H groups in total. The first-order chi connectivity index (χ1) is 20.6. The Bertz CT molecular complexity index is 1230. The Balaban J connectivity index is 1.64. The van der Waals surface area contributed by atoms with E-state index in [-0.39, 0.29) is 30.7 Å². The highest BCUT2D eigenvalue weighted by molar-refractivity contribution is 5.82. The van der Waals surface area contributed by atoms with Crippen LogP contribution in [0.15, 0.2) is 102 Å². The third kappa shape index (κ3) is 11.8. The Kier molecular flexibility index (Phi) is 13.7. The molecule has 7 nitrogen and oxygen atoms in total. The fourth-order valence-corrected chi connectivity index (χ4v) is 5.25. The van der Waals surface area contributed by atoms with E-state index in [0.717, 1.165) is 17.6 Å². The highest BCUT2D eigenvalue weighted by Gasteiger charge is 2.37. The summed E-state index contributed by atoms with van der Waals surface area (Å²) in [7, 11) is 0. The molecule has 1 fully saturated rings. The van der Waals surface area contributed by atoms with Gasteiger partial charge in [0, 0.05) is 24.8 Å². The number of nitrogens with one attached hydrogen (secondary N) is 1. The minimum absolute atomic E-state index is 0.0494. The summed E-state index contributed by atoms with van der Waals surface area (Å²) in [5, 5.41) is 13.7. The van der Waals surface area contributed by atoms with Crippen LogP contribution < -0.4 is 5.32 Å². The van der Waals surface area contributed by atoms with E-state index in [0.29, 0.717) is 18.8 Å². The largest absolute Gasteiger partial charge is 0.455 e. The third-order valence-corrected chi connectivity index (χ3v) is 7.56. The van der Waals surface area contributed by atoms with Crippen molar-refractivity contribution in [2.75, 3.05) is 0 Å². The van der Waals surface area contributed by atoms with Crippen molar-refractivity contribution < 1.29 is 28.9 Å². The molecule has 1 amide bonds. The number of rotatable bonds is 12. The van der Waals surface area contributed by atoms with Crippen LogP contribution in [0.1, 0.15) is 59.4 Å². The Morgan fingerprint density at radius 3 is 2.70 bits per heavy atom. The van der Waals surface area contributed by atoms with Crippen molar-refractivity contribution in [1.82, 2.24) is 5.32 Å². The molecule has 2 aliphatic heterocycles. The molecule has 0 unspecified atom stereocenters. The van der Waals surface area contributed by atoms with Crippen molar-refractivity contribution in [2.24, 2.45) is 11.8 Å². The lowest BCUT2D eigenvalue weighted by atomic mass is 9.87. The average molecular weight is 590 g/mol. The molecule has 3 rings (SSSR count). The number of alkyl carbamates (subject to hydrolysis) is 1. The van der Waals surface area contributed by atoms with Gasteiger partial charge in [-0.2, -0.15) is 0 Å². The van der Waals surface area contributed by atoms with Crippen molar-refractivity contribution in [1.29, 1.82) is 0 Å². The van der Waals surface area contributed by atoms with E-state index in [9.17, 15) is 14.7 Å². The Morgan fingerprint density at radius 1 is 1.21 bits per heavy atom. The molecule has 0 spiro atoms. The Hall–Kier alpha value is -3.68. The third-order valence-electron chi connectivity index (χ3n) is 7.56. The van der Waals surface area contributed by atoms with Gasteiger partial charge in [0.15, 0.2) is 0 Å². The number of amides is 1. The number of allylic oxidation sites excluding steroid dienone is 7. The van der Waals surface area contributed by atoms with E-state index in [1.807, 2.05) is 99.7 Å². The molecule has 7 atom stereocenters. The van der Waals surface area contributed by atoms with Gasteiger partial charge in [-0.3, -0.25) is 0 Å². The zero-order chi connectivity index (χ0) is 31.2. The lowest BCUT2D eigenvalue weighted by molar-refractivity contribution is -0.141. The van der Waals surface area contributed by atoms with E-state index in [4.69, 9.17) is 14.2 Å². The lowest BCUT2D eigenvalue weighted by Gasteiger charge is -2.39. The van der Waals surface area contributed by atoms with Crippen LogP contribution in [0.3, 0.4) is 0 Å². The van der Waals surface area contributed by atoms with Gasteiger partial charge in [-0.05, 0) is 44.7 Å². The maximum Gasteiger partial charge on any atom is 0.408 e. The number of aliphatic hydroxyl groups excluding tert-OH is 1. The summed E-state index contributed by atoms with van der Waals surface area (Å²) in [6.07, 6.45) is 19.1. The van der Waals surface area contributed by atoms with Gasteiger partial charge in [0.25, 0.3) is 0 Å². The molecular weight excluding hydrogens is 542 g/mol. The van der Waals surface area contributed by atoms with Gasteiger partial charge in [-0.15, -0.1) is 0 Å². The normalized spacial score (nSPS) is 26.6. The number of hydrogen-bond acceptors (Lipinski definition) is 6. The monoisotopic (exact) mass is 589 g/mol. The average Bonchev–Trinajstić information content (AvgIpc) is 2.97. The van der Waals surface area contributed by atoms with Crippen LogP contribution in [-0.2, 0) is 25.6 Å². The van der Waals surface area contributed by atoms with E-state index < -0.39 is 24.3 Å². The van der Waals surface area contributed by atoms with E-state index >= 15 is 0 Å². The predicted molar refractivity (Wildman–Crippen MR) is 170 cm³/mol. The van der Waals surface area contributed by atoms with Gasteiger partial charge in [0.2, 0.25) is 0 Å². The van der Waals surface area contributed by atoms with Gasteiger partial charge in [0.05, 0.1) is 24.4 Å². The minimum Gasteiger partial charge on any atom is -0.455 e. The van der Waals surface area contributed by atoms with Crippen LogP contribution in [0.4, 0.5) is 4.79 Å². The highest BCUT2D eigenvalue weighted by atomic mass is 16.6. The quantitative estimate of drug-likeness (QED) is 0.156. The van der Waals surface area contributed by atoms with Crippen molar-refractivity contribution in [3.8, 4) is 0 Å². The fourth-order valence-electron chi connectivity index (χ4n) is 5.25. The summed E-state index contributed by atoms with van der Waals surface area (Å²) in [4.78, 5) is 24.2. The van der Waals surface area contributed by atoms with Crippen LogP contribution >= 0.6 is 0 Å². The molecule has 0 aromatic heterocycles. The molecule has 1 aromatic rings. The van der Waals surface area contributed by atoms with Gasteiger partial charge in [-0.25, -0.2) is 9.59 Å². The molecule has 2 heterocycles. The van der Waals surface area contributed by atoms with E-state index in [1.165, 1.54) is 11.6 Å². The molecule has 0 aliphatic carbocycles. The Morgan fingerprint density at radius 2 is 1.98 bits per heavy atom. The minimum atomic E-state index is -0.554. The maximum absolute atomic E-state index is 12.8. The van der Waals surface area contributed by atoms with Crippen molar-refractivity contribution in [2.45, 2.75) is 90.9 Å². The molecule has 2 aliphatic rings. The number of hydrogen-bond donors (Lipinski definition) is 2. The van der Waals surface area contributed by atoms with Gasteiger partial charge in [0.1, 0.15) is 12.7 Å². The molecular formula is C36H47NO6. The number of aliphatic hydroxyl groups is 1. The number of cyclic esters (lactones) is 1. The smallest absolute Gasteiger partial charge is 0.408 e. The lowest BCUT2D eigenvalue weighted by Crippen LogP contribution is -2.51. The maximum atomic E-state index is 12.8. The molecule has 0 bridgehead atoms. The van der Waals surface area contributed by atoms with Crippen LogP contribution in [0.25, 0.3) is 0 Å². The van der Waals surface area contributed by atoms with Crippen molar-refractivity contribution in [3.63, 3.8) is 0 Å². The molecule has 7 heteroatoms. The van der Waals surface area contributed by atoms with E-state index in [2.05, 4.69) is 25.2 Å². The summed E-state index contributed by atoms with van der Waals surface area (Å²) in [5.41, 5.74) is 3.19. The zero-order valence-electron chi connectivity index (χ0n) is 26.0. The first kappa shape index (κ1) is 33.8.